The average Bonchev–Trinajstić information content (AvgIpc) is 1.86. The number of nitrogens with two attached hydrogens (primary N) is 1. The summed E-state index contributed by atoms with van der Waals surface area (Å²) in [5.74, 6) is 0. The van der Waals surface area contributed by atoms with Gasteiger partial charge in [-0.25, -0.2) is 0 Å². The zero-order valence-electron chi connectivity index (χ0n) is 5.22. The third kappa shape index (κ3) is 0.858. The van der Waals surface area contributed by atoms with Crippen molar-refractivity contribution in [2.45, 2.75) is 37.8 Å². The molecule has 1 fully saturated rings. The molecule has 0 aliphatic heterocycles. The van der Waals surface area contributed by atoms with Crippen molar-refractivity contribution in [2.75, 3.05) is 0 Å². The van der Waals surface area contributed by atoms with E-state index in [0.29, 0.717) is 0 Å². The van der Waals surface area contributed by atoms with Gasteiger partial charge in [0.05, 0.1) is 5.60 Å². The van der Waals surface area contributed by atoms with E-state index in [1.54, 1.807) is 0 Å². The van der Waals surface area contributed by atoms with Crippen molar-refractivity contribution >= 4 is 0 Å². The predicted octanol–water partition coefficient (Wildman–Crippen LogP) is 0.249. The summed E-state index contributed by atoms with van der Waals surface area (Å²) < 4.78 is 0. The maximum atomic E-state index is 9.34. The van der Waals surface area contributed by atoms with Crippen LogP contribution in [0.5, 0.6) is 0 Å². The second-order valence-corrected chi connectivity index (χ2v) is 2.86. The minimum absolute atomic E-state index is 0.0162. The Morgan fingerprint density at radius 1 is 1.75 bits per heavy atom. The molecule has 0 unspecified atom stereocenters. The fourth-order valence-corrected chi connectivity index (χ4v) is 1.18. The molecule has 0 aromatic rings. The van der Waals surface area contributed by atoms with Gasteiger partial charge in [0.25, 0.3) is 0 Å². The Morgan fingerprint density at radius 3 is 2.50 bits per heavy atom. The lowest BCUT2D eigenvalue weighted by atomic mass is 10.0. The topological polar surface area (TPSA) is 46.2 Å². The van der Waals surface area contributed by atoms with Gasteiger partial charge in [0.1, 0.15) is 0 Å². The van der Waals surface area contributed by atoms with E-state index in [0.717, 1.165) is 19.3 Å². The van der Waals surface area contributed by atoms with Crippen LogP contribution in [0.25, 0.3) is 0 Å². The largest absolute Gasteiger partial charge is 0.389 e. The van der Waals surface area contributed by atoms with Crippen LogP contribution in [-0.2, 0) is 0 Å². The van der Waals surface area contributed by atoms with Gasteiger partial charge in [-0.15, -0.1) is 0 Å². The van der Waals surface area contributed by atoms with Crippen molar-refractivity contribution in [3.8, 4) is 0 Å². The predicted molar refractivity (Wildman–Crippen MR) is 32.5 cm³/mol. The standard InChI is InChI=1S/C6H13NO/c1-6(8)4-2-3-5(6)7/h5,8H,2-4,7H2,1H3/t5-,6-/m1/s1. The third-order valence-electron chi connectivity index (χ3n) is 2.00. The van der Waals surface area contributed by atoms with Gasteiger partial charge in [-0.3, -0.25) is 0 Å². The molecule has 0 amide bonds. The van der Waals surface area contributed by atoms with Gasteiger partial charge in [-0.1, -0.05) is 0 Å². The minimum Gasteiger partial charge on any atom is -0.389 e. The van der Waals surface area contributed by atoms with Crippen molar-refractivity contribution in [2.24, 2.45) is 5.73 Å². The second-order valence-electron chi connectivity index (χ2n) is 2.86. The van der Waals surface area contributed by atoms with Gasteiger partial charge in [0.15, 0.2) is 0 Å². The Kier molecular flexibility index (Phi) is 1.29. The smallest absolute Gasteiger partial charge is 0.0769 e. The van der Waals surface area contributed by atoms with E-state index in [9.17, 15) is 5.11 Å². The van der Waals surface area contributed by atoms with Gasteiger partial charge in [-0.05, 0) is 26.2 Å². The van der Waals surface area contributed by atoms with Crippen molar-refractivity contribution in [1.29, 1.82) is 0 Å². The first kappa shape index (κ1) is 6.05. The van der Waals surface area contributed by atoms with Gasteiger partial charge >= 0.3 is 0 Å². The van der Waals surface area contributed by atoms with Gasteiger partial charge < -0.3 is 10.8 Å². The molecule has 0 bridgehead atoms. The molecule has 0 aromatic carbocycles. The van der Waals surface area contributed by atoms with Crippen LogP contribution in [0.2, 0.25) is 0 Å². The monoisotopic (exact) mass is 115 g/mol. The van der Waals surface area contributed by atoms with E-state index in [2.05, 4.69) is 0 Å². The van der Waals surface area contributed by atoms with E-state index >= 15 is 0 Å². The normalized spacial score (nSPS) is 47.6. The highest BCUT2D eigenvalue weighted by Gasteiger charge is 2.33. The molecule has 8 heavy (non-hydrogen) atoms. The van der Waals surface area contributed by atoms with Gasteiger partial charge in [0, 0.05) is 6.04 Å². The molecule has 1 rings (SSSR count). The molecular weight excluding hydrogens is 102 g/mol. The summed E-state index contributed by atoms with van der Waals surface area (Å²) in [5, 5.41) is 9.34. The summed E-state index contributed by atoms with van der Waals surface area (Å²) >= 11 is 0. The number of aliphatic hydroxyl groups is 1. The van der Waals surface area contributed by atoms with Crippen LogP contribution in [0.3, 0.4) is 0 Å². The van der Waals surface area contributed by atoms with Crippen LogP contribution >= 0.6 is 0 Å². The van der Waals surface area contributed by atoms with Crippen LogP contribution in [0.15, 0.2) is 0 Å². The van der Waals surface area contributed by atoms with Crippen molar-refractivity contribution in [3.05, 3.63) is 0 Å². The first-order chi connectivity index (χ1) is 3.63. The summed E-state index contributed by atoms with van der Waals surface area (Å²) in [5.41, 5.74) is 4.99. The second kappa shape index (κ2) is 1.71. The number of rotatable bonds is 0. The Hall–Kier alpha value is -0.0800. The summed E-state index contributed by atoms with van der Waals surface area (Å²) in [6, 6.07) is 0.0162. The van der Waals surface area contributed by atoms with E-state index in [1.165, 1.54) is 0 Å². The minimum atomic E-state index is -0.569. The van der Waals surface area contributed by atoms with E-state index < -0.39 is 5.60 Å². The molecular formula is C6H13NO. The molecule has 0 spiro atoms. The highest BCUT2D eigenvalue weighted by Crippen LogP contribution is 2.27. The molecule has 1 aliphatic rings. The molecule has 2 atom stereocenters. The Bertz CT molecular complexity index is 90.5. The van der Waals surface area contributed by atoms with Crippen LogP contribution in [0, 0.1) is 0 Å². The lowest BCUT2D eigenvalue weighted by Crippen LogP contribution is -2.40. The lowest BCUT2D eigenvalue weighted by molar-refractivity contribution is 0.0518. The fraction of sp³-hybridized carbons (Fsp3) is 1.00. The molecule has 0 heterocycles. The molecule has 0 aromatic heterocycles. The van der Waals surface area contributed by atoms with Crippen molar-refractivity contribution in [1.82, 2.24) is 0 Å². The third-order valence-corrected chi connectivity index (χ3v) is 2.00. The molecule has 2 heteroatoms. The molecule has 0 saturated heterocycles. The first-order valence-corrected chi connectivity index (χ1v) is 3.11. The van der Waals surface area contributed by atoms with E-state index in [-0.39, 0.29) is 6.04 Å². The average molecular weight is 115 g/mol. The van der Waals surface area contributed by atoms with Gasteiger partial charge in [-0.2, -0.15) is 0 Å². The molecule has 3 N–H and O–H groups in total. The highest BCUT2D eigenvalue weighted by molar-refractivity contribution is 4.90. The van der Waals surface area contributed by atoms with Crippen LogP contribution in [0.4, 0.5) is 0 Å². The van der Waals surface area contributed by atoms with Crippen LogP contribution < -0.4 is 5.73 Å². The highest BCUT2D eigenvalue weighted by atomic mass is 16.3. The quantitative estimate of drug-likeness (QED) is 0.475. The molecule has 48 valence electrons. The Morgan fingerprint density at radius 2 is 2.38 bits per heavy atom. The summed E-state index contributed by atoms with van der Waals surface area (Å²) in [7, 11) is 0. The molecule has 0 radical (unpaired) electrons. The lowest BCUT2D eigenvalue weighted by Gasteiger charge is -2.20. The van der Waals surface area contributed by atoms with Crippen molar-refractivity contribution in [3.63, 3.8) is 0 Å². The number of hydrogen-bond donors (Lipinski definition) is 2. The van der Waals surface area contributed by atoms with Crippen LogP contribution in [-0.4, -0.2) is 16.7 Å². The zero-order valence-corrected chi connectivity index (χ0v) is 5.22. The first-order valence-electron chi connectivity index (χ1n) is 3.11. The molecule has 2 nitrogen and oxygen atoms in total. The van der Waals surface area contributed by atoms with Crippen LogP contribution in [0.1, 0.15) is 26.2 Å². The van der Waals surface area contributed by atoms with E-state index in [1.807, 2.05) is 6.92 Å². The fourth-order valence-electron chi connectivity index (χ4n) is 1.18. The Labute approximate surface area is 49.7 Å². The number of hydrogen-bond acceptors (Lipinski definition) is 2. The zero-order chi connectivity index (χ0) is 6.20. The Balaban J connectivity index is 2.54. The van der Waals surface area contributed by atoms with Gasteiger partial charge in [0.2, 0.25) is 0 Å². The van der Waals surface area contributed by atoms with Crippen molar-refractivity contribution < 1.29 is 5.11 Å². The summed E-state index contributed by atoms with van der Waals surface area (Å²) in [4.78, 5) is 0. The van der Waals surface area contributed by atoms with E-state index in [4.69, 9.17) is 5.73 Å². The SMILES string of the molecule is C[C@@]1(O)CCC[C@H]1N. The summed E-state index contributed by atoms with van der Waals surface area (Å²) in [6.45, 7) is 1.81. The summed E-state index contributed by atoms with van der Waals surface area (Å²) in [6.07, 6.45) is 2.93. The maximum Gasteiger partial charge on any atom is 0.0769 e. The molecule has 1 saturated carbocycles. The maximum absolute atomic E-state index is 9.34. The molecule has 1 aliphatic carbocycles.